The van der Waals surface area contributed by atoms with Crippen LogP contribution >= 0.6 is 11.8 Å². The summed E-state index contributed by atoms with van der Waals surface area (Å²) >= 11 is 1.15. The molecular weight excluding hydrogens is 126 g/mol. The van der Waals surface area contributed by atoms with E-state index >= 15 is 0 Å². The summed E-state index contributed by atoms with van der Waals surface area (Å²) < 4.78 is 0. The molecule has 1 heterocycles. The molecule has 8 heavy (non-hydrogen) atoms. The van der Waals surface area contributed by atoms with Crippen molar-refractivity contribution in [1.29, 1.82) is 0 Å². The van der Waals surface area contributed by atoms with Crippen molar-refractivity contribution in [2.45, 2.75) is 6.42 Å². The van der Waals surface area contributed by atoms with E-state index in [-0.39, 0.29) is 17.4 Å². The number of thioether (sulfide) groups is 1. The number of hydrogen-bond donors (Lipinski definition) is 1. The Bertz CT molecular complexity index is 120. The first-order valence-electron chi connectivity index (χ1n) is 2.21. The molecule has 1 aliphatic rings. The Kier molecular flexibility index (Phi) is 1.53. The molecule has 4 heteroatoms. The van der Waals surface area contributed by atoms with Gasteiger partial charge in [0.05, 0.1) is 12.3 Å². The number of hydrogen-bond acceptors (Lipinski definition) is 3. The maximum absolute atomic E-state index is 10.4. The average Bonchev–Trinajstić information content (AvgIpc) is 1.64. The van der Waals surface area contributed by atoms with Gasteiger partial charge in [0.2, 0.25) is 5.91 Å². The third kappa shape index (κ3) is 1.23. The minimum Gasteiger partial charge on any atom is -0.346 e. The van der Waals surface area contributed by atoms with Crippen molar-refractivity contribution in [3.63, 3.8) is 0 Å². The molecule has 0 atom stereocenters. The second-order valence-electron chi connectivity index (χ2n) is 1.44. The zero-order chi connectivity index (χ0) is 5.98. The average molecular weight is 131 g/mol. The Morgan fingerprint density at radius 1 is 1.50 bits per heavy atom. The van der Waals surface area contributed by atoms with Crippen molar-refractivity contribution >= 4 is 22.8 Å². The van der Waals surface area contributed by atoms with E-state index in [1.807, 2.05) is 0 Å². The fraction of sp³-hybridized carbons (Fsp3) is 0.500. The number of rotatable bonds is 0. The van der Waals surface area contributed by atoms with Crippen LogP contribution in [0.5, 0.6) is 0 Å². The van der Waals surface area contributed by atoms with E-state index in [0.717, 1.165) is 11.8 Å². The number of carbonyl (C=O) groups is 2. The molecule has 0 aliphatic carbocycles. The Hall–Kier alpha value is -0.510. The van der Waals surface area contributed by atoms with Crippen molar-refractivity contribution in [1.82, 2.24) is 5.32 Å². The molecule has 1 amide bonds. The van der Waals surface area contributed by atoms with Crippen LogP contribution in [0.1, 0.15) is 6.42 Å². The number of nitrogens with one attached hydrogen (secondary N) is 1. The summed E-state index contributed by atoms with van der Waals surface area (Å²) in [5, 5.41) is 2.48. The highest BCUT2D eigenvalue weighted by molar-refractivity contribution is 8.13. The molecule has 1 N–H and O–H groups in total. The molecule has 0 radical (unpaired) electrons. The van der Waals surface area contributed by atoms with Crippen LogP contribution in [0.15, 0.2) is 0 Å². The molecule has 0 unspecified atom stereocenters. The number of carbonyl (C=O) groups excluding carboxylic acids is 2. The standard InChI is InChI=1S/C4H5NO2S/c6-3-1-4(7)8-2-5-3/h1-2H2,(H,5,6). The lowest BCUT2D eigenvalue weighted by Crippen LogP contribution is -2.29. The fourth-order valence-corrected chi connectivity index (χ4v) is 1.07. The zero-order valence-electron chi connectivity index (χ0n) is 4.14. The summed E-state index contributed by atoms with van der Waals surface area (Å²) in [5.41, 5.74) is 0. The van der Waals surface area contributed by atoms with E-state index in [2.05, 4.69) is 5.32 Å². The van der Waals surface area contributed by atoms with Crippen molar-refractivity contribution < 1.29 is 9.59 Å². The van der Waals surface area contributed by atoms with Gasteiger partial charge in [0, 0.05) is 0 Å². The Labute approximate surface area is 50.8 Å². The summed E-state index contributed by atoms with van der Waals surface area (Å²) in [4.78, 5) is 20.7. The lowest BCUT2D eigenvalue weighted by Gasteiger charge is -2.07. The largest absolute Gasteiger partial charge is 0.346 e. The van der Waals surface area contributed by atoms with Crippen molar-refractivity contribution in [3.05, 3.63) is 0 Å². The highest BCUT2D eigenvalue weighted by Crippen LogP contribution is 2.07. The molecule has 44 valence electrons. The molecule has 1 aliphatic heterocycles. The summed E-state index contributed by atoms with van der Waals surface area (Å²) in [5.74, 6) is 0.284. The SMILES string of the molecule is O=C1CC(=O)SCN1. The van der Waals surface area contributed by atoms with Gasteiger partial charge in [0.25, 0.3) is 0 Å². The van der Waals surface area contributed by atoms with Crippen LogP contribution in [-0.2, 0) is 9.59 Å². The van der Waals surface area contributed by atoms with E-state index in [9.17, 15) is 9.59 Å². The smallest absolute Gasteiger partial charge is 0.229 e. The van der Waals surface area contributed by atoms with Crippen LogP contribution < -0.4 is 5.32 Å². The summed E-state index contributed by atoms with van der Waals surface area (Å²) in [6.07, 6.45) is 0.0463. The van der Waals surface area contributed by atoms with Gasteiger partial charge in [-0.2, -0.15) is 0 Å². The summed E-state index contributed by atoms with van der Waals surface area (Å²) in [6.45, 7) is 0. The lowest BCUT2D eigenvalue weighted by atomic mass is 10.4. The molecule has 3 nitrogen and oxygen atoms in total. The molecule has 0 bridgehead atoms. The maximum atomic E-state index is 10.4. The van der Waals surface area contributed by atoms with Gasteiger partial charge < -0.3 is 5.32 Å². The van der Waals surface area contributed by atoms with Gasteiger partial charge >= 0.3 is 0 Å². The van der Waals surface area contributed by atoms with Gasteiger partial charge in [-0.1, -0.05) is 11.8 Å². The monoisotopic (exact) mass is 131 g/mol. The maximum Gasteiger partial charge on any atom is 0.229 e. The minimum atomic E-state index is -0.159. The highest BCUT2D eigenvalue weighted by atomic mass is 32.2. The van der Waals surface area contributed by atoms with E-state index in [1.165, 1.54) is 0 Å². The third-order valence-electron chi connectivity index (χ3n) is 0.807. The molecule has 0 saturated carbocycles. The normalized spacial score (nSPS) is 20.5. The van der Waals surface area contributed by atoms with Crippen molar-refractivity contribution in [3.8, 4) is 0 Å². The Morgan fingerprint density at radius 3 is 2.62 bits per heavy atom. The predicted molar refractivity (Wildman–Crippen MR) is 30.2 cm³/mol. The van der Waals surface area contributed by atoms with E-state index < -0.39 is 0 Å². The van der Waals surface area contributed by atoms with Gasteiger partial charge in [0.1, 0.15) is 0 Å². The first-order chi connectivity index (χ1) is 3.79. The quantitative estimate of drug-likeness (QED) is 0.460. The summed E-state index contributed by atoms with van der Waals surface area (Å²) in [7, 11) is 0. The molecule has 0 spiro atoms. The van der Waals surface area contributed by atoms with Crippen molar-refractivity contribution in [2.24, 2.45) is 0 Å². The molecule has 0 aromatic heterocycles. The Balaban J connectivity index is 2.45. The minimum absolute atomic E-state index is 0.0336. The molecule has 1 rings (SSSR count). The van der Waals surface area contributed by atoms with Gasteiger partial charge in [-0.05, 0) is 0 Å². The Morgan fingerprint density at radius 2 is 2.25 bits per heavy atom. The van der Waals surface area contributed by atoms with Crippen LogP contribution in [0.25, 0.3) is 0 Å². The predicted octanol–water partition coefficient (Wildman–Crippen LogP) is -0.276. The second-order valence-corrected chi connectivity index (χ2v) is 2.47. The first-order valence-corrected chi connectivity index (χ1v) is 3.20. The van der Waals surface area contributed by atoms with Crippen LogP contribution in [0.4, 0.5) is 0 Å². The number of amides is 1. The fourth-order valence-electron chi connectivity index (χ4n) is 0.442. The molecule has 1 fully saturated rings. The zero-order valence-corrected chi connectivity index (χ0v) is 4.96. The van der Waals surface area contributed by atoms with E-state index in [4.69, 9.17) is 0 Å². The van der Waals surface area contributed by atoms with Gasteiger partial charge in [-0.15, -0.1) is 0 Å². The van der Waals surface area contributed by atoms with Crippen LogP contribution in [0.3, 0.4) is 0 Å². The summed E-state index contributed by atoms with van der Waals surface area (Å²) in [6, 6.07) is 0. The topological polar surface area (TPSA) is 46.2 Å². The first kappa shape index (κ1) is 5.62. The third-order valence-corrected chi connectivity index (χ3v) is 1.56. The molecular formula is C4H5NO2S. The van der Waals surface area contributed by atoms with E-state index in [1.54, 1.807) is 0 Å². The molecule has 1 saturated heterocycles. The van der Waals surface area contributed by atoms with Gasteiger partial charge in [0.15, 0.2) is 5.12 Å². The highest BCUT2D eigenvalue weighted by Gasteiger charge is 2.14. The van der Waals surface area contributed by atoms with Crippen LogP contribution in [0.2, 0.25) is 0 Å². The second kappa shape index (κ2) is 2.17. The van der Waals surface area contributed by atoms with Gasteiger partial charge in [-0.25, -0.2) is 0 Å². The molecule has 0 aromatic carbocycles. The van der Waals surface area contributed by atoms with Gasteiger partial charge in [-0.3, -0.25) is 9.59 Å². The molecule has 0 aromatic rings. The van der Waals surface area contributed by atoms with E-state index in [0.29, 0.717) is 5.88 Å². The van der Waals surface area contributed by atoms with Crippen molar-refractivity contribution in [2.75, 3.05) is 5.88 Å². The van der Waals surface area contributed by atoms with Crippen LogP contribution in [0, 0.1) is 0 Å². The van der Waals surface area contributed by atoms with Crippen LogP contribution in [-0.4, -0.2) is 16.9 Å². The lowest BCUT2D eigenvalue weighted by molar-refractivity contribution is -0.125.